The molecule has 1 aromatic carbocycles. The fourth-order valence-electron chi connectivity index (χ4n) is 1.12. The first-order valence-corrected chi connectivity index (χ1v) is 4.17. The summed E-state index contributed by atoms with van der Waals surface area (Å²) in [5, 5.41) is 17.7. The Morgan fingerprint density at radius 3 is 2.33 bits per heavy atom. The SMILES string of the molecule is COC(Cc1ccc(O)cc1)C(=O)O.[BaH2]. The van der Waals surface area contributed by atoms with Gasteiger partial charge in [0.05, 0.1) is 0 Å². The Balaban J connectivity index is 0.00000196. The van der Waals surface area contributed by atoms with Gasteiger partial charge >= 0.3 is 54.9 Å². The van der Waals surface area contributed by atoms with Crippen molar-refractivity contribution in [3.63, 3.8) is 0 Å². The second-order valence-electron chi connectivity index (χ2n) is 2.93. The molecule has 0 saturated heterocycles. The van der Waals surface area contributed by atoms with Crippen molar-refractivity contribution < 1.29 is 19.7 Å². The van der Waals surface area contributed by atoms with Crippen LogP contribution in [0.15, 0.2) is 24.3 Å². The number of phenolic OH excluding ortho intramolecular Hbond substituents is 1. The molecule has 1 aromatic rings. The Morgan fingerprint density at radius 2 is 1.93 bits per heavy atom. The molecule has 0 radical (unpaired) electrons. The first-order chi connectivity index (χ1) is 6.63. The van der Waals surface area contributed by atoms with Crippen LogP contribution in [0.3, 0.4) is 0 Å². The van der Waals surface area contributed by atoms with Crippen LogP contribution < -0.4 is 0 Å². The van der Waals surface area contributed by atoms with E-state index in [0.29, 0.717) is 6.42 Å². The van der Waals surface area contributed by atoms with E-state index in [-0.39, 0.29) is 54.6 Å². The number of hydrogen-bond acceptors (Lipinski definition) is 3. The van der Waals surface area contributed by atoms with Gasteiger partial charge in [-0.3, -0.25) is 0 Å². The summed E-state index contributed by atoms with van der Waals surface area (Å²) in [6.07, 6.45) is -0.536. The molecule has 15 heavy (non-hydrogen) atoms. The van der Waals surface area contributed by atoms with Crippen LogP contribution in [0.4, 0.5) is 0 Å². The van der Waals surface area contributed by atoms with E-state index >= 15 is 0 Å². The summed E-state index contributed by atoms with van der Waals surface area (Å²) in [7, 11) is 1.36. The summed E-state index contributed by atoms with van der Waals surface area (Å²) in [6, 6.07) is 6.38. The molecule has 2 N–H and O–H groups in total. The van der Waals surface area contributed by atoms with Gasteiger partial charge in [-0.1, -0.05) is 12.1 Å². The van der Waals surface area contributed by atoms with Crippen LogP contribution in [0.1, 0.15) is 5.56 Å². The van der Waals surface area contributed by atoms with Gasteiger partial charge in [0.1, 0.15) is 5.75 Å². The van der Waals surface area contributed by atoms with E-state index in [9.17, 15) is 4.79 Å². The average Bonchev–Trinajstić information content (AvgIpc) is 2.16. The first-order valence-electron chi connectivity index (χ1n) is 4.17. The molecule has 0 spiro atoms. The van der Waals surface area contributed by atoms with Crippen molar-refractivity contribution in [3.8, 4) is 5.75 Å². The van der Waals surface area contributed by atoms with Crippen LogP contribution in [0, 0.1) is 0 Å². The summed E-state index contributed by atoms with van der Waals surface area (Å²) >= 11 is 0. The molecule has 1 unspecified atom stereocenters. The molecular weight excluding hydrogens is 321 g/mol. The Morgan fingerprint density at radius 1 is 1.40 bits per heavy atom. The molecule has 1 atom stereocenters. The first kappa shape index (κ1) is 15.0. The monoisotopic (exact) mass is 336 g/mol. The van der Waals surface area contributed by atoms with Crippen molar-refractivity contribution in [1.29, 1.82) is 0 Å². The number of hydrogen-bond donors (Lipinski definition) is 2. The molecule has 4 nitrogen and oxygen atoms in total. The van der Waals surface area contributed by atoms with Gasteiger partial charge in [-0.05, 0) is 17.7 Å². The zero-order chi connectivity index (χ0) is 10.6. The minimum atomic E-state index is -0.986. The van der Waals surface area contributed by atoms with E-state index in [1.807, 2.05) is 0 Å². The predicted molar refractivity (Wildman–Crippen MR) is 58.8 cm³/mol. The Labute approximate surface area is 128 Å². The van der Waals surface area contributed by atoms with Crippen molar-refractivity contribution in [3.05, 3.63) is 29.8 Å². The second kappa shape index (κ2) is 7.32. The predicted octanol–water partition coefficient (Wildman–Crippen LogP) is 0.118. The van der Waals surface area contributed by atoms with Crippen LogP contribution in [0.5, 0.6) is 5.75 Å². The molecule has 0 bridgehead atoms. The van der Waals surface area contributed by atoms with Gasteiger partial charge in [-0.25, -0.2) is 4.79 Å². The molecule has 80 valence electrons. The van der Waals surface area contributed by atoms with Crippen LogP contribution >= 0.6 is 0 Å². The van der Waals surface area contributed by atoms with Crippen molar-refractivity contribution >= 4 is 54.9 Å². The van der Waals surface area contributed by atoms with E-state index in [1.54, 1.807) is 12.1 Å². The molecule has 0 aromatic heterocycles. The number of aromatic hydroxyl groups is 1. The number of ether oxygens (including phenoxy) is 1. The van der Waals surface area contributed by atoms with Crippen molar-refractivity contribution in [2.75, 3.05) is 7.11 Å². The fraction of sp³-hybridized carbons (Fsp3) is 0.300. The van der Waals surface area contributed by atoms with Gasteiger partial charge in [-0.15, -0.1) is 0 Å². The number of phenols is 1. The quantitative estimate of drug-likeness (QED) is 0.767. The number of carboxylic acid groups (broad SMARTS) is 1. The van der Waals surface area contributed by atoms with Gasteiger partial charge in [0.25, 0.3) is 0 Å². The van der Waals surface area contributed by atoms with Crippen molar-refractivity contribution in [1.82, 2.24) is 0 Å². The van der Waals surface area contributed by atoms with E-state index in [4.69, 9.17) is 14.9 Å². The Hall–Kier alpha value is 0.0214. The molecule has 0 fully saturated rings. The standard InChI is InChI=1S/C10H12O4.Ba.2H/c1-14-9(10(12)13)6-7-2-4-8(11)5-3-7;;;/h2-5,9,11H,6H2,1H3,(H,12,13);;;. The second-order valence-corrected chi connectivity index (χ2v) is 2.93. The molecule has 5 heteroatoms. The topological polar surface area (TPSA) is 66.8 Å². The van der Waals surface area contributed by atoms with Gasteiger partial charge in [0.15, 0.2) is 6.10 Å². The number of aliphatic carboxylic acids is 1. The number of rotatable bonds is 4. The van der Waals surface area contributed by atoms with Gasteiger partial charge in [0, 0.05) is 13.5 Å². The zero-order valence-corrected chi connectivity index (χ0v) is 7.80. The van der Waals surface area contributed by atoms with E-state index in [2.05, 4.69) is 0 Å². The van der Waals surface area contributed by atoms with Gasteiger partial charge < -0.3 is 14.9 Å². The minimum absolute atomic E-state index is 0. The van der Waals surface area contributed by atoms with Gasteiger partial charge in [-0.2, -0.15) is 0 Å². The van der Waals surface area contributed by atoms with Crippen LogP contribution in [-0.2, 0) is 16.0 Å². The summed E-state index contributed by atoms with van der Waals surface area (Å²) in [5.41, 5.74) is 0.817. The Bertz CT molecular complexity index is 310. The molecule has 0 aliphatic carbocycles. The summed E-state index contributed by atoms with van der Waals surface area (Å²) in [5.74, 6) is -0.821. The number of carbonyl (C=O) groups is 1. The summed E-state index contributed by atoms with van der Waals surface area (Å²) < 4.78 is 4.78. The summed E-state index contributed by atoms with van der Waals surface area (Å²) in [4.78, 5) is 10.6. The van der Waals surface area contributed by atoms with Crippen molar-refractivity contribution in [2.24, 2.45) is 0 Å². The molecule has 0 heterocycles. The fourth-order valence-corrected chi connectivity index (χ4v) is 1.12. The van der Waals surface area contributed by atoms with Crippen molar-refractivity contribution in [2.45, 2.75) is 12.5 Å². The normalized spacial score (nSPS) is 11.5. The Kier molecular flexibility index (Phi) is 7.33. The van der Waals surface area contributed by atoms with Gasteiger partial charge in [0.2, 0.25) is 0 Å². The maximum atomic E-state index is 10.6. The third-order valence-electron chi connectivity index (χ3n) is 1.92. The number of benzene rings is 1. The van der Waals surface area contributed by atoms with Crippen LogP contribution in [0.25, 0.3) is 0 Å². The van der Waals surface area contributed by atoms with E-state index in [0.717, 1.165) is 5.56 Å². The van der Waals surface area contributed by atoms with Crippen LogP contribution in [-0.4, -0.2) is 78.3 Å². The number of carboxylic acids is 1. The third-order valence-corrected chi connectivity index (χ3v) is 1.92. The van der Waals surface area contributed by atoms with E-state index in [1.165, 1.54) is 19.2 Å². The molecule has 0 aliphatic rings. The zero-order valence-electron chi connectivity index (χ0n) is 7.80. The number of methoxy groups -OCH3 is 1. The van der Waals surface area contributed by atoms with E-state index < -0.39 is 12.1 Å². The third kappa shape index (κ3) is 5.05. The molecule has 0 saturated carbocycles. The molecule has 0 amide bonds. The summed E-state index contributed by atoms with van der Waals surface area (Å²) in [6.45, 7) is 0. The average molecular weight is 336 g/mol. The molecule has 1 rings (SSSR count). The molecule has 0 aliphatic heterocycles. The maximum absolute atomic E-state index is 10.6. The molecular formula is C10H14BaO4. The van der Waals surface area contributed by atoms with Crippen LogP contribution in [0.2, 0.25) is 0 Å².